The molecule has 0 bridgehead atoms. The molecule has 20 heavy (non-hydrogen) atoms. The molecule has 3 aliphatic rings. The van der Waals surface area contributed by atoms with Gasteiger partial charge in [-0.15, -0.1) is 0 Å². The number of hydrogen-bond donors (Lipinski definition) is 1. The van der Waals surface area contributed by atoms with E-state index in [4.69, 9.17) is 0 Å². The molecule has 1 spiro atoms. The molecule has 6 nitrogen and oxygen atoms in total. The van der Waals surface area contributed by atoms with Crippen LogP contribution in [0.25, 0.3) is 0 Å². The summed E-state index contributed by atoms with van der Waals surface area (Å²) in [4.78, 5) is 0.0699. The summed E-state index contributed by atoms with van der Waals surface area (Å²) >= 11 is 0. The van der Waals surface area contributed by atoms with Gasteiger partial charge in [0.05, 0.1) is 16.4 Å². The van der Waals surface area contributed by atoms with E-state index >= 15 is 0 Å². The first kappa shape index (κ1) is 14.5. The average molecular weight is 320 g/mol. The Morgan fingerprint density at radius 2 is 2.10 bits per heavy atom. The number of sulfonamides is 1. The lowest BCUT2D eigenvalue weighted by Gasteiger charge is -2.39. The Bertz CT molecular complexity index is 630. The van der Waals surface area contributed by atoms with Crippen molar-refractivity contribution >= 4 is 19.9 Å². The number of sulfone groups is 1. The van der Waals surface area contributed by atoms with Gasteiger partial charge in [-0.05, 0) is 31.2 Å². The zero-order chi connectivity index (χ0) is 14.4. The molecule has 2 fully saturated rings. The third-order valence-electron chi connectivity index (χ3n) is 4.56. The quantitative estimate of drug-likeness (QED) is 0.755. The summed E-state index contributed by atoms with van der Waals surface area (Å²) < 4.78 is 49.6. The van der Waals surface area contributed by atoms with Gasteiger partial charge in [-0.2, -0.15) is 4.31 Å². The summed E-state index contributed by atoms with van der Waals surface area (Å²) in [7, 11) is -6.86. The molecule has 0 radical (unpaired) electrons. The minimum absolute atomic E-state index is 0.0450. The Morgan fingerprint density at radius 3 is 2.70 bits per heavy atom. The highest BCUT2D eigenvalue weighted by Crippen LogP contribution is 2.37. The molecule has 0 saturated carbocycles. The summed E-state index contributed by atoms with van der Waals surface area (Å²) in [6.45, 7) is 2.81. The third-order valence-corrected chi connectivity index (χ3v) is 8.13. The predicted octanol–water partition coefficient (Wildman–Crippen LogP) is -0.296. The molecule has 0 aromatic heterocycles. The number of hydrogen-bond acceptors (Lipinski definition) is 5. The van der Waals surface area contributed by atoms with Crippen molar-refractivity contribution < 1.29 is 16.8 Å². The fraction of sp³-hybridized carbons (Fsp3) is 0.833. The first-order valence-corrected chi connectivity index (χ1v) is 10.2. The minimum Gasteiger partial charge on any atom is -0.316 e. The van der Waals surface area contributed by atoms with E-state index in [0.29, 0.717) is 13.1 Å². The van der Waals surface area contributed by atoms with Crippen LogP contribution in [0.4, 0.5) is 0 Å². The fourth-order valence-corrected chi connectivity index (χ4v) is 7.21. The van der Waals surface area contributed by atoms with Crippen molar-refractivity contribution in [2.24, 2.45) is 5.41 Å². The summed E-state index contributed by atoms with van der Waals surface area (Å²) in [5.41, 5.74) is 0.0450. The molecule has 3 rings (SSSR count). The minimum atomic E-state index is -3.61. The van der Waals surface area contributed by atoms with Crippen molar-refractivity contribution in [1.82, 2.24) is 9.62 Å². The third kappa shape index (κ3) is 2.54. The van der Waals surface area contributed by atoms with Crippen LogP contribution in [0, 0.1) is 5.41 Å². The molecule has 0 aromatic carbocycles. The zero-order valence-corrected chi connectivity index (χ0v) is 13.0. The zero-order valence-electron chi connectivity index (χ0n) is 11.3. The molecular formula is C12H20N2O4S2. The number of nitrogens with one attached hydrogen (secondary N) is 1. The topological polar surface area (TPSA) is 83.5 Å². The maximum atomic E-state index is 12.6. The van der Waals surface area contributed by atoms with Gasteiger partial charge in [0, 0.05) is 19.6 Å². The monoisotopic (exact) mass is 320 g/mol. The fourth-order valence-electron chi connectivity index (χ4n) is 3.41. The Labute approximate surface area is 120 Å². The van der Waals surface area contributed by atoms with Crippen molar-refractivity contribution in [2.45, 2.75) is 19.3 Å². The van der Waals surface area contributed by atoms with Crippen molar-refractivity contribution in [2.75, 3.05) is 37.7 Å². The van der Waals surface area contributed by atoms with Crippen LogP contribution in [-0.4, -0.2) is 58.8 Å². The van der Waals surface area contributed by atoms with Gasteiger partial charge in [-0.1, -0.05) is 6.08 Å². The van der Waals surface area contributed by atoms with Crippen molar-refractivity contribution in [3.05, 3.63) is 11.0 Å². The smallest absolute Gasteiger partial charge is 0.239 e. The molecule has 0 amide bonds. The molecule has 1 N–H and O–H groups in total. The highest BCUT2D eigenvalue weighted by Gasteiger charge is 2.43. The van der Waals surface area contributed by atoms with E-state index in [9.17, 15) is 16.8 Å². The Hall–Kier alpha value is -0.440. The summed E-state index contributed by atoms with van der Waals surface area (Å²) in [6, 6.07) is 0. The highest BCUT2D eigenvalue weighted by molar-refractivity contribution is 7.97. The van der Waals surface area contributed by atoms with Gasteiger partial charge < -0.3 is 5.32 Å². The summed E-state index contributed by atoms with van der Waals surface area (Å²) in [5.74, 6) is -0.487. The molecule has 8 heteroatoms. The van der Waals surface area contributed by atoms with Crippen LogP contribution in [0.15, 0.2) is 11.0 Å². The van der Waals surface area contributed by atoms with Gasteiger partial charge in [0.15, 0.2) is 9.84 Å². The molecule has 0 aliphatic carbocycles. The molecule has 3 aliphatic heterocycles. The highest BCUT2D eigenvalue weighted by atomic mass is 32.2. The van der Waals surface area contributed by atoms with Crippen LogP contribution in [-0.2, 0) is 19.9 Å². The van der Waals surface area contributed by atoms with Crippen molar-refractivity contribution in [1.29, 1.82) is 0 Å². The van der Waals surface area contributed by atoms with Crippen LogP contribution >= 0.6 is 0 Å². The molecule has 3 heterocycles. The van der Waals surface area contributed by atoms with Crippen LogP contribution in [0.3, 0.4) is 0 Å². The van der Waals surface area contributed by atoms with Crippen LogP contribution in [0.1, 0.15) is 19.3 Å². The van der Waals surface area contributed by atoms with Gasteiger partial charge in [-0.25, -0.2) is 16.8 Å². The molecule has 1 atom stereocenters. The van der Waals surface area contributed by atoms with E-state index in [-0.39, 0.29) is 21.8 Å². The standard InChI is InChI=1S/C12H20N2O4S2/c15-19(16)7-2-11(8-19)20(17,18)14-6-1-3-12(10-14)4-5-13-9-12/h2,13H,1,3-10H2. The van der Waals surface area contributed by atoms with Gasteiger partial charge in [0.2, 0.25) is 10.0 Å². The molecule has 2 saturated heterocycles. The predicted molar refractivity (Wildman–Crippen MR) is 76.4 cm³/mol. The van der Waals surface area contributed by atoms with Gasteiger partial charge in [0.25, 0.3) is 0 Å². The van der Waals surface area contributed by atoms with Gasteiger partial charge in [-0.3, -0.25) is 0 Å². The van der Waals surface area contributed by atoms with Gasteiger partial charge >= 0.3 is 0 Å². The van der Waals surface area contributed by atoms with Gasteiger partial charge in [0.1, 0.15) is 0 Å². The lowest BCUT2D eigenvalue weighted by molar-refractivity contribution is 0.167. The number of rotatable bonds is 2. The van der Waals surface area contributed by atoms with Crippen LogP contribution in [0.5, 0.6) is 0 Å². The van der Waals surface area contributed by atoms with E-state index in [2.05, 4.69) is 5.32 Å². The maximum absolute atomic E-state index is 12.6. The maximum Gasteiger partial charge on any atom is 0.239 e. The van der Waals surface area contributed by atoms with E-state index in [1.807, 2.05) is 0 Å². The molecular weight excluding hydrogens is 300 g/mol. The van der Waals surface area contributed by atoms with Crippen LogP contribution in [0.2, 0.25) is 0 Å². The van der Waals surface area contributed by atoms with E-state index < -0.39 is 19.9 Å². The number of nitrogens with zero attached hydrogens (tertiary/aromatic N) is 1. The largest absolute Gasteiger partial charge is 0.316 e. The first-order chi connectivity index (χ1) is 9.33. The first-order valence-electron chi connectivity index (χ1n) is 6.93. The second-order valence-corrected chi connectivity index (χ2v) is 10.2. The van der Waals surface area contributed by atoms with Crippen molar-refractivity contribution in [3.8, 4) is 0 Å². The SMILES string of the molecule is O=S1(=O)CC=C(S(=O)(=O)N2CCCC3(CCNC3)C2)C1. The number of piperidine rings is 1. The Morgan fingerprint density at radius 1 is 1.30 bits per heavy atom. The molecule has 114 valence electrons. The Kier molecular flexibility index (Phi) is 3.47. The Balaban J connectivity index is 1.81. The van der Waals surface area contributed by atoms with Crippen molar-refractivity contribution in [3.63, 3.8) is 0 Å². The van der Waals surface area contributed by atoms with E-state index in [1.54, 1.807) is 0 Å². The lowest BCUT2D eigenvalue weighted by atomic mass is 9.80. The van der Waals surface area contributed by atoms with E-state index in [1.165, 1.54) is 10.4 Å². The second kappa shape index (κ2) is 4.79. The summed E-state index contributed by atoms with van der Waals surface area (Å²) in [6.07, 6.45) is 4.25. The molecule has 0 aromatic rings. The second-order valence-electron chi connectivity index (χ2n) is 6.09. The van der Waals surface area contributed by atoms with E-state index in [0.717, 1.165) is 32.4 Å². The van der Waals surface area contributed by atoms with Crippen LogP contribution < -0.4 is 5.32 Å². The summed E-state index contributed by atoms with van der Waals surface area (Å²) in [5, 5.41) is 3.31. The molecule has 1 unspecified atom stereocenters. The average Bonchev–Trinajstić information content (AvgIpc) is 2.97. The normalized spacial score (nSPS) is 34.5. The lowest BCUT2D eigenvalue weighted by Crippen LogP contribution is -2.47.